The Labute approximate surface area is 242 Å². The number of nitrogens with two attached hydrogens (primary N) is 1. The maximum Gasteiger partial charge on any atom is 0.459 e. The van der Waals surface area contributed by atoms with Gasteiger partial charge in [-0.3, -0.25) is 9.32 Å². The highest BCUT2D eigenvalue weighted by Gasteiger charge is 2.58. The molecule has 6 atom stereocenters. The van der Waals surface area contributed by atoms with Gasteiger partial charge in [-0.05, 0) is 37.1 Å². The summed E-state index contributed by atoms with van der Waals surface area (Å²) in [7, 11) is -4.32. The molecule has 4 rings (SSSR count). The fraction of sp³-hybridized carbons (Fsp3) is 0.481. The van der Waals surface area contributed by atoms with Gasteiger partial charge < -0.3 is 29.9 Å². The molecule has 2 aromatic heterocycles. The molecule has 0 aliphatic carbocycles. The van der Waals surface area contributed by atoms with E-state index >= 15 is 0 Å². The van der Waals surface area contributed by atoms with Crippen LogP contribution in [-0.4, -0.2) is 68.3 Å². The molecule has 0 amide bonds. The van der Waals surface area contributed by atoms with Crippen molar-refractivity contribution in [2.75, 3.05) is 18.9 Å². The summed E-state index contributed by atoms with van der Waals surface area (Å²) >= 11 is 0. The molecule has 0 saturated carbocycles. The van der Waals surface area contributed by atoms with E-state index in [0.29, 0.717) is 5.52 Å². The van der Waals surface area contributed by atoms with Gasteiger partial charge in [-0.15, -0.1) is 0 Å². The third-order valence-electron chi connectivity index (χ3n) is 7.19. The predicted octanol–water partition coefficient (Wildman–Crippen LogP) is 2.31. The monoisotopic (exact) mass is 602 g/mol. The Morgan fingerprint density at radius 2 is 1.98 bits per heavy atom. The second-order valence-electron chi connectivity index (χ2n) is 9.96. The Morgan fingerprint density at radius 3 is 2.64 bits per heavy atom. The molecule has 5 N–H and O–H groups in total. The first-order valence-electron chi connectivity index (χ1n) is 13.5. The SMILES string of the molecule is CCC(CC)COC(=O)[C@H](C)N[P@@](=O)(OC[C@H]1O[C@@](C#N)(c2ccc3c(N)ncnn23)[C@H](O)C1O)Oc1ccccc1. The lowest BCUT2D eigenvalue weighted by atomic mass is 9.92. The number of benzene rings is 1. The number of nitrogens with zero attached hydrogens (tertiary/aromatic N) is 4. The second kappa shape index (κ2) is 13.2. The lowest BCUT2D eigenvalue weighted by Gasteiger charge is -2.25. The summed E-state index contributed by atoms with van der Waals surface area (Å²) in [4.78, 5) is 16.6. The van der Waals surface area contributed by atoms with Crippen LogP contribution < -0.4 is 15.3 Å². The average Bonchev–Trinajstić information content (AvgIpc) is 3.53. The molecule has 0 radical (unpaired) electrons. The number of fused-ring (bicyclic) bond motifs is 1. The van der Waals surface area contributed by atoms with Crippen LogP contribution in [0, 0.1) is 17.2 Å². The maximum atomic E-state index is 13.9. The van der Waals surface area contributed by atoms with Crippen LogP contribution in [0.2, 0.25) is 0 Å². The van der Waals surface area contributed by atoms with E-state index in [1.54, 1.807) is 36.4 Å². The minimum Gasteiger partial charge on any atom is -0.464 e. The number of para-hydroxylation sites is 1. The number of nitrogen functional groups attached to an aromatic ring is 1. The topological polar surface area (TPSA) is 204 Å². The highest BCUT2D eigenvalue weighted by Crippen LogP contribution is 2.47. The normalized spacial score (nSPS) is 24.3. The van der Waals surface area contributed by atoms with Gasteiger partial charge in [-0.2, -0.15) is 15.4 Å². The van der Waals surface area contributed by atoms with Gasteiger partial charge in [0.25, 0.3) is 0 Å². The van der Waals surface area contributed by atoms with Crippen molar-refractivity contribution < 1.29 is 38.1 Å². The summed E-state index contributed by atoms with van der Waals surface area (Å²) in [6.45, 7) is 5.08. The lowest BCUT2D eigenvalue weighted by Crippen LogP contribution is -2.41. The number of aliphatic hydroxyl groups is 2. The van der Waals surface area contributed by atoms with Crippen molar-refractivity contribution in [1.29, 1.82) is 5.26 Å². The summed E-state index contributed by atoms with van der Waals surface area (Å²) in [5.41, 5.74) is 4.28. The van der Waals surface area contributed by atoms with Crippen LogP contribution in [0.25, 0.3) is 5.52 Å². The fourth-order valence-corrected chi connectivity index (χ4v) is 6.07. The van der Waals surface area contributed by atoms with Crippen LogP contribution in [0.5, 0.6) is 5.75 Å². The van der Waals surface area contributed by atoms with Crippen molar-refractivity contribution in [2.45, 2.75) is 63.6 Å². The zero-order valence-electron chi connectivity index (χ0n) is 23.5. The summed E-state index contributed by atoms with van der Waals surface area (Å²) in [5.74, 6) is -0.143. The number of hydrogen-bond donors (Lipinski definition) is 4. The van der Waals surface area contributed by atoms with Gasteiger partial charge in [0.2, 0.25) is 5.60 Å². The third kappa shape index (κ3) is 6.42. The zero-order valence-corrected chi connectivity index (χ0v) is 24.4. The first-order valence-corrected chi connectivity index (χ1v) is 15.1. The summed E-state index contributed by atoms with van der Waals surface area (Å²) < 4.78 is 37.8. The Morgan fingerprint density at radius 1 is 1.26 bits per heavy atom. The first-order chi connectivity index (χ1) is 20.1. The molecule has 0 spiro atoms. The van der Waals surface area contributed by atoms with Gasteiger partial charge in [-0.25, -0.2) is 14.1 Å². The van der Waals surface area contributed by atoms with E-state index < -0.39 is 50.3 Å². The van der Waals surface area contributed by atoms with Crippen molar-refractivity contribution >= 4 is 25.1 Å². The van der Waals surface area contributed by atoms with Gasteiger partial charge in [0.05, 0.1) is 18.9 Å². The first kappa shape index (κ1) is 31.4. The number of aromatic nitrogens is 3. The molecule has 1 aliphatic rings. The van der Waals surface area contributed by atoms with E-state index in [9.17, 15) is 24.8 Å². The Hall–Kier alpha value is -3.57. The number of nitriles is 1. The van der Waals surface area contributed by atoms with Crippen molar-refractivity contribution in [3.05, 3.63) is 54.5 Å². The van der Waals surface area contributed by atoms with E-state index in [1.807, 2.05) is 19.9 Å². The van der Waals surface area contributed by atoms with Crippen LogP contribution in [0.4, 0.5) is 5.82 Å². The number of rotatable bonds is 13. The summed E-state index contributed by atoms with van der Waals surface area (Å²) in [5, 5.41) is 38.7. The Kier molecular flexibility index (Phi) is 9.83. The molecule has 1 unspecified atom stereocenters. The second-order valence-corrected chi connectivity index (χ2v) is 11.7. The highest BCUT2D eigenvalue weighted by atomic mass is 31.2. The molecule has 1 aliphatic heterocycles. The number of aliphatic hydroxyl groups excluding tert-OH is 2. The molecule has 3 heterocycles. The average molecular weight is 603 g/mol. The quantitative estimate of drug-likeness (QED) is 0.164. The molecule has 1 aromatic carbocycles. The van der Waals surface area contributed by atoms with Gasteiger partial charge in [0.1, 0.15) is 48.0 Å². The van der Waals surface area contributed by atoms with E-state index in [2.05, 4.69) is 15.2 Å². The molecule has 226 valence electrons. The largest absolute Gasteiger partial charge is 0.464 e. The van der Waals surface area contributed by atoms with E-state index in [0.717, 1.165) is 12.8 Å². The number of hydrogen-bond acceptors (Lipinski definition) is 12. The van der Waals surface area contributed by atoms with Crippen LogP contribution >= 0.6 is 7.75 Å². The number of carbonyl (C=O) groups is 1. The molecular weight excluding hydrogens is 567 g/mol. The molecule has 0 bridgehead atoms. The Bertz CT molecular complexity index is 1460. The predicted molar refractivity (Wildman–Crippen MR) is 150 cm³/mol. The van der Waals surface area contributed by atoms with Crippen LogP contribution in [0.3, 0.4) is 0 Å². The molecule has 3 aromatic rings. The number of nitrogens with one attached hydrogen (secondary N) is 1. The van der Waals surface area contributed by atoms with Gasteiger partial charge in [0, 0.05) is 0 Å². The van der Waals surface area contributed by atoms with E-state index in [1.165, 1.54) is 23.8 Å². The third-order valence-corrected chi connectivity index (χ3v) is 8.83. The molecule has 15 heteroatoms. The maximum absolute atomic E-state index is 13.9. The van der Waals surface area contributed by atoms with Crippen molar-refractivity contribution in [1.82, 2.24) is 19.7 Å². The summed E-state index contributed by atoms with van der Waals surface area (Å²) in [6.07, 6.45) is -1.87. The Balaban J connectivity index is 1.53. The minimum absolute atomic E-state index is 0.0961. The summed E-state index contributed by atoms with van der Waals surface area (Å²) in [6, 6.07) is 12.0. The molecule has 1 saturated heterocycles. The van der Waals surface area contributed by atoms with Crippen molar-refractivity contribution in [3.8, 4) is 11.8 Å². The number of anilines is 1. The van der Waals surface area contributed by atoms with Gasteiger partial charge in [0.15, 0.2) is 5.82 Å². The van der Waals surface area contributed by atoms with E-state index in [4.69, 9.17) is 24.3 Å². The highest BCUT2D eigenvalue weighted by molar-refractivity contribution is 7.52. The molecule has 14 nitrogen and oxygen atoms in total. The van der Waals surface area contributed by atoms with Crippen LogP contribution in [0.1, 0.15) is 39.3 Å². The van der Waals surface area contributed by atoms with Crippen molar-refractivity contribution in [2.24, 2.45) is 5.92 Å². The van der Waals surface area contributed by atoms with Crippen LogP contribution in [-0.2, 0) is 29.0 Å². The van der Waals surface area contributed by atoms with Crippen LogP contribution in [0.15, 0.2) is 48.8 Å². The fourth-order valence-electron chi connectivity index (χ4n) is 4.57. The number of ether oxygens (including phenoxy) is 2. The smallest absolute Gasteiger partial charge is 0.459 e. The number of carbonyl (C=O) groups excluding carboxylic acids is 1. The lowest BCUT2D eigenvalue weighted by molar-refractivity contribution is -0.146. The van der Waals surface area contributed by atoms with E-state index in [-0.39, 0.29) is 29.8 Å². The molecular formula is C27H35N6O8P. The molecule has 1 fully saturated rings. The minimum atomic E-state index is -4.32. The van der Waals surface area contributed by atoms with Gasteiger partial charge in [-0.1, -0.05) is 44.9 Å². The van der Waals surface area contributed by atoms with Crippen molar-refractivity contribution in [3.63, 3.8) is 0 Å². The standard InChI is InChI=1S/C27H35N6O8P/c1-4-18(5-2)13-38-26(36)17(3)32-42(37,41-19-9-7-6-8-10-19)39-14-21-23(34)24(35)27(15-28,40-21)22-12-11-20-25(29)30-16-31-33(20)22/h6-12,16-18,21,23-24,34-35H,4-5,13-14H2,1-3H3,(H,32,37)(H2,29,30,31)/t17-,21+,23?,24+,27-,42+/m0/s1. The molecule has 42 heavy (non-hydrogen) atoms. The van der Waals surface area contributed by atoms with Gasteiger partial charge >= 0.3 is 13.7 Å². The number of esters is 1. The zero-order chi connectivity index (χ0) is 30.5.